The van der Waals surface area contributed by atoms with Crippen LogP contribution in [0.15, 0.2) is 24.3 Å². The van der Waals surface area contributed by atoms with Crippen molar-refractivity contribution < 1.29 is 19.1 Å². The van der Waals surface area contributed by atoms with E-state index in [0.29, 0.717) is 5.69 Å². The molecule has 0 aliphatic carbocycles. The second kappa shape index (κ2) is 5.98. The first-order valence-corrected chi connectivity index (χ1v) is 5.24. The molecule has 17 heavy (non-hydrogen) atoms. The number of nitrogens with zero attached hydrogens (tertiary/aromatic N) is 1. The Bertz CT molecular complexity index is 420. The van der Waals surface area contributed by atoms with Crippen LogP contribution in [-0.2, 0) is 9.59 Å². The molecule has 0 bridgehead atoms. The maximum atomic E-state index is 12.9. The summed E-state index contributed by atoms with van der Waals surface area (Å²) in [5.41, 5.74) is 0.463. The molecule has 0 fully saturated rings. The van der Waals surface area contributed by atoms with Crippen molar-refractivity contribution in [2.24, 2.45) is 0 Å². The van der Waals surface area contributed by atoms with Crippen LogP contribution in [-0.4, -0.2) is 24.0 Å². The van der Waals surface area contributed by atoms with Crippen molar-refractivity contribution in [1.29, 1.82) is 0 Å². The molecular formula is C12H14FNO3. The maximum Gasteiger partial charge on any atom is 0.303 e. The van der Waals surface area contributed by atoms with E-state index in [9.17, 15) is 14.0 Å². The lowest BCUT2D eigenvalue weighted by molar-refractivity contribution is -0.137. The van der Waals surface area contributed by atoms with Crippen LogP contribution in [0.2, 0.25) is 0 Å². The Balaban J connectivity index is 2.54. The molecule has 1 amide bonds. The number of amides is 1. The number of carboxylic acids is 1. The molecule has 1 rings (SSSR count). The molecule has 0 unspecified atom stereocenters. The van der Waals surface area contributed by atoms with Crippen molar-refractivity contribution >= 4 is 17.6 Å². The summed E-state index contributed by atoms with van der Waals surface area (Å²) in [6, 6.07) is 5.70. The van der Waals surface area contributed by atoms with Crippen molar-refractivity contribution in [3.05, 3.63) is 30.1 Å². The molecule has 1 aromatic carbocycles. The third kappa shape index (κ3) is 4.22. The van der Waals surface area contributed by atoms with Gasteiger partial charge in [-0.3, -0.25) is 9.59 Å². The highest BCUT2D eigenvalue weighted by Crippen LogP contribution is 2.15. The molecule has 0 saturated heterocycles. The monoisotopic (exact) mass is 239 g/mol. The maximum absolute atomic E-state index is 12.9. The number of aliphatic carboxylic acids is 1. The third-order valence-corrected chi connectivity index (χ3v) is 2.35. The van der Waals surface area contributed by atoms with E-state index in [1.54, 1.807) is 6.07 Å². The van der Waals surface area contributed by atoms with Crippen LogP contribution in [0.3, 0.4) is 0 Å². The Morgan fingerprint density at radius 2 is 2.06 bits per heavy atom. The zero-order chi connectivity index (χ0) is 12.8. The van der Waals surface area contributed by atoms with Crippen molar-refractivity contribution in [1.82, 2.24) is 0 Å². The van der Waals surface area contributed by atoms with Crippen LogP contribution >= 0.6 is 0 Å². The minimum absolute atomic E-state index is 0.0390. The molecule has 0 atom stereocenters. The number of hydrogen-bond acceptors (Lipinski definition) is 2. The van der Waals surface area contributed by atoms with Gasteiger partial charge >= 0.3 is 5.97 Å². The van der Waals surface area contributed by atoms with Crippen LogP contribution in [0.25, 0.3) is 0 Å². The van der Waals surface area contributed by atoms with E-state index in [-0.39, 0.29) is 25.2 Å². The van der Waals surface area contributed by atoms with Gasteiger partial charge in [0.15, 0.2) is 0 Å². The van der Waals surface area contributed by atoms with Gasteiger partial charge in [0, 0.05) is 25.6 Å². The molecule has 0 spiro atoms. The van der Waals surface area contributed by atoms with E-state index in [1.165, 1.54) is 30.1 Å². The largest absolute Gasteiger partial charge is 0.481 e. The van der Waals surface area contributed by atoms with Crippen molar-refractivity contribution in [3.8, 4) is 0 Å². The summed E-state index contributed by atoms with van der Waals surface area (Å²) in [4.78, 5) is 23.3. The number of carboxylic acid groups (broad SMARTS) is 1. The van der Waals surface area contributed by atoms with Gasteiger partial charge in [0.05, 0.1) is 0 Å². The second-order valence-corrected chi connectivity index (χ2v) is 3.68. The Morgan fingerprint density at radius 3 is 2.65 bits per heavy atom. The van der Waals surface area contributed by atoms with Crippen LogP contribution in [0.4, 0.5) is 10.1 Å². The first kappa shape index (κ1) is 13.2. The van der Waals surface area contributed by atoms with Crippen molar-refractivity contribution in [3.63, 3.8) is 0 Å². The van der Waals surface area contributed by atoms with E-state index in [2.05, 4.69) is 0 Å². The number of anilines is 1. The average Bonchev–Trinajstić information content (AvgIpc) is 2.27. The zero-order valence-corrected chi connectivity index (χ0v) is 9.52. The van der Waals surface area contributed by atoms with Crippen molar-refractivity contribution in [2.75, 3.05) is 11.9 Å². The van der Waals surface area contributed by atoms with Gasteiger partial charge in [-0.25, -0.2) is 4.39 Å². The first-order chi connectivity index (χ1) is 8.00. The van der Waals surface area contributed by atoms with Crippen LogP contribution < -0.4 is 4.90 Å². The van der Waals surface area contributed by atoms with E-state index < -0.39 is 11.8 Å². The first-order valence-electron chi connectivity index (χ1n) is 5.24. The molecule has 1 N–H and O–H groups in total. The van der Waals surface area contributed by atoms with E-state index >= 15 is 0 Å². The summed E-state index contributed by atoms with van der Waals surface area (Å²) < 4.78 is 12.9. The number of carbonyl (C=O) groups excluding carboxylic acids is 1. The number of carbonyl (C=O) groups is 2. The number of benzene rings is 1. The third-order valence-electron chi connectivity index (χ3n) is 2.35. The SMILES string of the molecule is CN(C(=O)CCCC(=O)O)c1cccc(F)c1. The van der Waals surface area contributed by atoms with Gasteiger partial charge in [-0.2, -0.15) is 0 Å². The standard InChI is InChI=1S/C12H14FNO3/c1-14(10-5-2-4-9(13)8-10)11(15)6-3-7-12(16)17/h2,4-5,8H,3,6-7H2,1H3,(H,16,17). The van der Waals surface area contributed by atoms with Crippen LogP contribution in [0.1, 0.15) is 19.3 Å². The van der Waals surface area contributed by atoms with E-state index in [4.69, 9.17) is 5.11 Å². The zero-order valence-electron chi connectivity index (χ0n) is 9.52. The van der Waals surface area contributed by atoms with Gasteiger partial charge < -0.3 is 10.0 Å². The average molecular weight is 239 g/mol. The number of hydrogen-bond donors (Lipinski definition) is 1. The predicted molar refractivity (Wildman–Crippen MR) is 61.3 cm³/mol. The minimum Gasteiger partial charge on any atom is -0.481 e. The molecule has 0 radical (unpaired) electrons. The summed E-state index contributed by atoms with van der Waals surface area (Å²) in [6.45, 7) is 0. The highest BCUT2D eigenvalue weighted by molar-refractivity contribution is 5.92. The second-order valence-electron chi connectivity index (χ2n) is 3.68. The molecule has 0 aromatic heterocycles. The lowest BCUT2D eigenvalue weighted by atomic mass is 10.2. The summed E-state index contributed by atoms with van der Waals surface area (Å²) in [5.74, 6) is -1.56. The molecule has 4 nitrogen and oxygen atoms in total. The van der Waals surface area contributed by atoms with E-state index in [0.717, 1.165) is 0 Å². The van der Waals surface area contributed by atoms with Crippen LogP contribution in [0, 0.1) is 5.82 Å². The fraction of sp³-hybridized carbons (Fsp3) is 0.333. The lowest BCUT2D eigenvalue weighted by Crippen LogP contribution is -2.26. The summed E-state index contributed by atoms with van der Waals surface area (Å²) in [5, 5.41) is 8.44. The minimum atomic E-state index is -0.925. The molecule has 0 aliphatic rings. The fourth-order valence-corrected chi connectivity index (χ4v) is 1.39. The molecular weight excluding hydrogens is 225 g/mol. The molecule has 0 heterocycles. The smallest absolute Gasteiger partial charge is 0.303 e. The van der Waals surface area contributed by atoms with Gasteiger partial charge in [0.2, 0.25) is 5.91 Å². The molecule has 5 heteroatoms. The fourth-order valence-electron chi connectivity index (χ4n) is 1.39. The summed E-state index contributed by atoms with van der Waals surface area (Å²) in [7, 11) is 1.54. The van der Waals surface area contributed by atoms with Crippen LogP contribution in [0.5, 0.6) is 0 Å². The van der Waals surface area contributed by atoms with E-state index in [1.807, 2.05) is 0 Å². The van der Waals surface area contributed by atoms with Gasteiger partial charge in [-0.1, -0.05) is 6.07 Å². The number of halogens is 1. The highest BCUT2D eigenvalue weighted by atomic mass is 19.1. The van der Waals surface area contributed by atoms with Crippen molar-refractivity contribution in [2.45, 2.75) is 19.3 Å². The predicted octanol–water partition coefficient (Wildman–Crippen LogP) is 2.04. The molecule has 0 saturated carbocycles. The molecule has 0 aliphatic heterocycles. The topological polar surface area (TPSA) is 57.6 Å². The Hall–Kier alpha value is -1.91. The lowest BCUT2D eigenvalue weighted by Gasteiger charge is -2.17. The Morgan fingerprint density at radius 1 is 1.35 bits per heavy atom. The highest BCUT2D eigenvalue weighted by Gasteiger charge is 2.11. The summed E-state index contributed by atoms with van der Waals surface area (Å²) >= 11 is 0. The Kier molecular flexibility index (Phi) is 4.63. The van der Waals surface area contributed by atoms with Gasteiger partial charge in [0.25, 0.3) is 0 Å². The number of rotatable bonds is 5. The van der Waals surface area contributed by atoms with Gasteiger partial charge in [0.1, 0.15) is 5.82 Å². The Labute approximate surface area is 98.7 Å². The normalized spacial score (nSPS) is 10.0. The van der Waals surface area contributed by atoms with Gasteiger partial charge in [-0.05, 0) is 24.6 Å². The molecule has 1 aromatic rings. The summed E-state index contributed by atoms with van der Waals surface area (Å²) in [6.07, 6.45) is 0.385. The quantitative estimate of drug-likeness (QED) is 0.855. The van der Waals surface area contributed by atoms with Gasteiger partial charge in [-0.15, -0.1) is 0 Å². The molecule has 92 valence electrons.